The average Bonchev–Trinajstić information content (AvgIpc) is 3.65. The number of rotatable bonds is 6. The molecule has 0 radical (unpaired) electrons. The van der Waals surface area contributed by atoms with E-state index in [1.807, 2.05) is 0 Å². The molecule has 2 heteroatoms. The summed E-state index contributed by atoms with van der Waals surface area (Å²) < 4.78 is 0. The summed E-state index contributed by atoms with van der Waals surface area (Å²) in [7, 11) is 0. The van der Waals surface area contributed by atoms with E-state index in [2.05, 4.69) is 265 Å². The molecule has 0 bridgehead atoms. The fraction of sp³-hybridized carbons (Fsp3) is 0.0159. The Bertz CT molecular complexity index is 3370. The molecule has 0 amide bonds. The van der Waals surface area contributed by atoms with Gasteiger partial charge in [-0.1, -0.05) is 182 Å². The summed E-state index contributed by atoms with van der Waals surface area (Å²) in [6.07, 6.45) is 0. The molecule has 0 atom stereocenters. The predicted molar refractivity (Wildman–Crippen MR) is 273 cm³/mol. The summed E-state index contributed by atoms with van der Waals surface area (Å²) in [4.78, 5) is 4.82. The molecule has 0 aliphatic heterocycles. The molecule has 0 unspecified atom stereocenters. The first-order valence-electron chi connectivity index (χ1n) is 22.5. The quantitative estimate of drug-likeness (QED) is 0.154. The smallest absolute Gasteiger partial charge is 0.0733 e. The molecule has 65 heavy (non-hydrogen) atoms. The highest BCUT2D eigenvalue weighted by Gasteiger charge is 2.52. The second kappa shape index (κ2) is 14.8. The third kappa shape index (κ3) is 5.54. The zero-order valence-corrected chi connectivity index (χ0v) is 35.6. The minimum Gasteiger partial charge on any atom is -0.310 e. The molecule has 13 rings (SSSR count). The van der Waals surface area contributed by atoms with Gasteiger partial charge >= 0.3 is 0 Å². The second-order valence-electron chi connectivity index (χ2n) is 17.2. The lowest BCUT2D eigenvalue weighted by atomic mass is 9.64. The Morgan fingerprint density at radius 1 is 0.231 bits per heavy atom. The number of hydrogen-bond acceptors (Lipinski definition) is 2. The van der Waals surface area contributed by atoms with Gasteiger partial charge in [-0.3, -0.25) is 0 Å². The molecule has 11 aromatic rings. The van der Waals surface area contributed by atoms with Crippen molar-refractivity contribution in [3.63, 3.8) is 0 Å². The first kappa shape index (κ1) is 37.1. The maximum atomic E-state index is 2.52. The van der Waals surface area contributed by atoms with Gasteiger partial charge in [0.25, 0.3) is 0 Å². The van der Waals surface area contributed by atoms with E-state index in [-0.39, 0.29) is 0 Å². The fourth-order valence-corrected chi connectivity index (χ4v) is 11.3. The van der Waals surface area contributed by atoms with Crippen LogP contribution in [0, 0.1) is 0 Å². The van der Waals surface area contributed by atoms with E-state index in [4.69, 9.17) is 0 Å². The Morgan fingerprint density at radius 2 is 0.585 bits per heavy atom. The summed E-state index contributed by atoms with van der Waals surface area (Å²) in [5.41, 5.74) is 18.5. The van der Waals surface area contributed by atoms with Gasteiger partial charge in [-0.05, 0) is 150 Å². The van der Waals surface area contributed by atoms with Crippen molar-refractivity contribution in [2.24, 2.45) is 0 Å². The largest absolute Gasteiger partial charge is 0.310 e. The zero-order chi connectivity index (χ0) is 42.9. The minimum atomic E-state index is -0.774. The van der Waals surface area contributed by atoms with Crippen molar-refractivity contribution in [1.29, 1.82) is 0 Å². The van der Waals surface area contributed by atoms with Crippen LogP contribution in [0.3, 0.4) is 0 Å². The third-order valence-corrected chi connectivity index (χ3v) is 13.8. The molecule has 2 aliphatic carbocycles. The van der Waals surface area contributed by atoms with Gasteiger partial charge in [0.15, 0.2) is 0 Å². The van der Waals surface area contributed by atoms with Crippen LogP contribution in [0.1, 0.15) is 22.3 Å². The average molecular weight is 827 g/mol. The SMILES string of the molecule is c1ccc(N(c2ccccc2)c2ccc3c(c2)C2(c4cc(N(c5ccccc5)c5ccccc5)ccc4-c4ccccc4-3)c3ccccc3-c3c2c2ccccc2c2ccccc32)cc1. The summed E-state index contributed by atoms with van der Waals surface area (Å²) in [5.74, 6) is 0. The fourth-order valence-electron chi connectivity index (χ4n) is 11.3. The van der Waals surface area contributed by atoms with Gasteiger partial charge in [0, 0.05) is 34.1 Å². The Hall–Kier alpha value is -8.46. The molecule has 1 spiro atoms. The van der Waals surface area contributed by atoms with Crippen LogP contribution >= 0.6 is 0 Å². The summed E-state index contributed by atoms with van der Waals surface area (Å²) in [6, 6.07) is 94.2. The van der Waals surface area contributed by atoms with E-state index < -0.39 is 5.41 Å². The van der Waals surface area contributed by atoms with Gasteiger partial charge in [-0.2, -0.15) is 0 Å². The predicted octanol–water partition coefficient (Wildman–Crippen LogP) is 16.9. The molecule has 2 nitrogen and oxygen atoms in total. The number of para-hydroxylation sites is 4. The van der Waals surface area contributed by atoms with Gasteiger partial charge < -0.3 is 9.80 Å². The molecular formula is C63H42N2. The molecule has 0 aromatic heterocycles. The minimum absolute atomic E-state index is 0.774. The van der Waals surface area contributed by atoms with Crippen LogP contribution in [0.5, 0.6) is 0 Å². The van der Waals surface area contributed by atoms with Crippen LogP contribution in [0.2, 0.25) is 0 Å². The van der Waals surface area contributed by atoms with E-state index in [0.29, 0.717) is 0 Å². The van der Waals surface area contributed by atoms with Crippen molar-refractivity contribution in [2.75, 3.05) is 9.80 Å². The van der Waals surface area contributed by atoms with Crippen molar-refractivity contribution in [3.8, 4) is 33.4 Å². The summed E-state index contributed by atoms with van der Waals surface area (Å²) >= 11 is 0. The van der Waals surface area contributed by atoms with E-state index >= 15 is 0 Å². The van der Waals surface area contributed by atoms with Crippen LogP contribution in [0.4, 0.5) is 34.1 Å². The van der Waals surface area contributed by atoms with Crippen molar-refractivity contribution < 1.29 is 0 Å². The lowest BCUT2D eigenvalue weighted by Gasteiger charge is -2.38. The van der Waals surface area contributed by atoms with Crippen molar-refractivity contribution in [1.82, 2.24) is 0 Å². The van der Waals surface area contributed by atoms with Crippen molar-refractivity contribution in [2.45, 2.75) is 5.41 Å². The molecule has 0 N–H and O–H groups in total. The molecule has 0 fully saturated rings. The van der Waals surface area contributed by atoms with Crippen molar-refractivity contribution >= 4 is 55.7 Å². The molecule has 0 saturated carbocycles. The van der Waals surface area contributed by atoms with Crippen LogP contribution in [0.15, 0.2) is 255 Å². The maximum absolute atomic E-state index is 2.52. The Morgan fingerprint density at radius 3 is 1.05 bits per heavy atom. The highest BCUT2D eigenvalue weighted by Crippen LogP contribution is 2.65. The normalized spacial score (nSPS) is 12.7. The number of fused-ring (bicyclic) bond motifs is 17. The highest BCUT2D eigenvalue weighted by molar-refractivity contribution is 6.20. The first-order chi connectivity index (χ1) is 32.3. The van der Waals surface area contributed by atoms with Gasteiger partial charge in [0.05, 0.1) is 5.41 Å². The number of hydrogen-bond donors (Lipinski definition) is 0. The van der Waals surface area contributed by atoms with Gasteiger partial charge in [-0.25, -0.2) is 0 Å². The van der Waals surface area contributed by atoms with Gasteiger partial charge in [0.2, 0.25) is 0 Å². The lowest BCUT2D eigenvalue weighted by molar-refractivity contribution is 0.783. The van der Waals surface area contributed by atoms with Crippen LogP contribution in [-0.4, -0.2) is 0 Å². The molecule has 0 saturated heterocycles. The number of nitrogens with zero attached hydrogens (tertiary/aromatic N) is 2. The second-order valence-corrected chi connectivity index (χ2v) is 17.2. The lowest BCUT2D eigenvalue weighted by Crippen LogP contribution is -2.30. The Kier molecular flexibility index (Phi) is 8.47. The third-order valence-electron chi connectivity index (χ3n) is 13.8. The van der Waals surface area contributed by atoms with Crippen LogP contribution < -0.4 is 9.80 Å². The molecule has 11 aromatic carbocycles. The highest BCUT2D eigenvalue weighted by atomic mass is 15.1. The Labute approximate surface area is 379 Å². The molecular weight excluding hydrogens is 785 g/mol. The van der Waals surface area contributed by atoms with Gasteiger partial charge in [0.1, 0.15) is 0 Å². The molecule has 304 valence electrons. The first-order valence-corrected chi connectivity index (χ1v) is 22.5. The van der Waals surface area contributed by atoms with E-state index in [9.17, 15) is 0 Å². The van der Waals surface area contributed by atoms with Gasteiger partial charge in [-0.15, -0.1) is 0 Å². The standard InChI is InChI=1S/C63H42N2/c1-5-21-43(22-6-1)64(44-23-7-2-8-24-44)47-37-39-53-49-29-13-14-30-50(49)54-40-38-48(65(45-25-9-3-10-26-45)46-27-11-4-12-28-46)42-60(54)63(59(53)41-47)58-36-20-19-35-57(58)61-55-33-17-15-31-51(55)52-32-16-18-34-56(52)62(61)63/h1-42H. The monoisotopic (exact) mass is 826 g/mol. The van der Waals surface area contributed by atoms with E-state index in [1.165, 1.54) is 77.2 Å². The van der Waals surface area contributed by atoms with E-state index in [1.54, 1.807) is 0 Å². The summed E-state index contributed by atoms with van der Waals surface area (Å²) in [5, 5.41) is 5.07. The number of anilines is 6. The summed E-state index contributed by atoms with van der Waals surface area (Å²) in [6.45, 7) is 0. The molecule has 0 heterocycles. The topological polar surface area (TPSA) is 6.48 Å². The maximum Gasteiger partial charge on any atom is 0.0733 e. The van der Waals surface area contributed by atoms with E-state index in [0.717, 1.165) is 34.1 Å². The van der Waals surface area contributed by atoms with Crippen LogP contribution in [-0.2, 0) is 5.41 Å². The van der Waals surface area contributed by atoms with Crippen LogP contribution in [0.25, 0.3) is 54.9 Å². The van der Waals surface area contributed by atoms with Crippen molar-refractivity contribution in [3.05, 3.63) is 277 Å². The molecule has 2 aliphatic rings. The Balaban J connectivity index is 1.24. The number of benzene rings is 11. The zero-order valence-electron chi connectivity index (χ0n) is 35.6.